The molecule has 0 amide bonds. The Morgan fingerprint density at radius 1 is 0.549 bits per heavy atom. The Hall–Kier alpha value is -6.82. The zero-order chi connectivity index (χ0) is 72.7. The normalized spacial score (nSPS) is 20.8. The van der Waals surface area contributed by atoms with Gasteiger partial charge in [0.1, 0.15) is 0 Å². The summed E-state index contributed by atoms with van der Waals surface area (Å²) < 4.78 is 260. The molecule has 0 saturated heterocycles. The van der Waals surface area contributed by atoms with Gasteiger partial charge in [-0.2, -0.15) is 0 Å². The maximum absolute atomic E-state index is 11.1. The quantitative estimate of drug-likeness (QED) is 0.154. The molecule has 9 aromatic rings. The number of benzene rings is 8. The predicted molar refractivity (Wildman–Crippen MR) is 309 cm³/mol. The third-order valence-corrected chi connectivity index (χ3v) is 15.0. The van der Waals surface area contributed by atoms with Crippen molar-refractivity contribution in [3.63, 3.8) is 0 Å². The number of thiophene rings is 1. The fraction of sp³-hybridized carbons (Fsp3) is 0.242. The van der Waals surface area contributed by atoms with Crippen molar-refractivity contribution in [1.29, 1.82) is 0 Å². The molecule has 8 aromatic carbocycles. The number of hydrogen-bond donors (Lipinski definition) is 0. The number of nitrogens with zero attached hydrogens (tertiary/aromatic N) is 3. The molecule has 0 spiro atoms. The molecular weight excluding hydrogens is 878 g/mol. The van der Waals surface area contributed by atoms with E-state index in [1.165, 1.54) is 21.9 Å². The molecule has 0 bridgehead atoms. The first-order valence-corrected chi connectivity index (χ1v) is 24.3. The lowest BCUT2D eigenvalue weighted by atomic mass is 9.35. The van der Waals surface area contributed by atoms with Gasteiger partial charge in [-0.15, -0.1) is 11.3 Å². The van der Waals surface area contributed by atoms with Crippen LogP contribution < -0.4 is 30.4 Å². The zero-order valence-corrected chi connectivity index (χ0v) is 41.8. The van der Waals surface area contributed by atoms with Crippen molar-refractivity contribution in [2.75, 3.05) is 14.7 Å². The average Bonchev–Trinajstić information content (AvgIpc) is 1.13. The summed E-state index contributed by atoms with van der Waals surface area (Å²) in [5.74, 6) is 0. The topological polar surface area (TPSA) is 9.72 Å². The van der Waals surface area contributed by atoms with Crippen LogP contribution in [-0.2, 0) is 21.7 Å². The summed E-state index contributed by atoms with van der Waals surface area (Å²) in [6.07, 6.45) is 0.900. The molecule has 1 aliphatic carbocycles. The molecule has 3 heterocycles. The third kappa shape index (κ3) is 7.45. The molecule has 5 heteroatoms. The summed E-state index contributed by atoms with van der Waals surface area (Å²) in [7, 11) is 0. The second kappa shape index (κ2) is 16.4. The van der Waals surface area contributed by atoms with Gasteiger partial charge in [-0.05, 0) is 146 Å². The van der Waals surface area contributed by atoms with Crippen LogP contribution in [0.5, 0.6) is 0 Å². The predicted octanol–water partition coefficient (Wildman–Crippen LogP) is 17.1. The van der Waals surface area contributed by atoms with Crippen molar-refractivity contribution in [2.24, 2.45) is 0 Å². The summed E-state index contributed by atoms with van der Waals surface area (Å²) in [4.78, 5) is 3.41. The first-order valence-electron chi connectivity index (χ1n) is 37.0. The second-order valence-corrected chi connectivity index (χ2v) is 22.7. The molecule has 71 heavy (non-hydrogen) atoms. The van der Waals surface area contributed by atoms with Crippen LogP contribution in [0.15, 0.2) is 181 Å². The van der Waals surface area contributed by atoms with E-state index in [2.05, 4.69) is 0 Å². The summed E-state index contributed by atoms with van der Waals surface area (Å²) in [5, 5.41) is -0.224. The number of rotatable bonds is 6. The van der Waals surface area contributed by atoms with Gasteiger partial charge >= 0.3 is 0 Å². The lowest BCUT2D eigenvalue weighted by Crippen LogP contribution is -2.61. The smallest absolute Gasteiger partial charge is 0.264 e. The monoisotopic (exact) mass is 969 g/mol. The lowest BCUT2D eigenvalue weighted by Gasteiger charge is -2.47. The summed E-state index contributed by atoms with van der Waals surface area (Å²) in [5.41, 5.74) is -8.88. The SMILES string of the molecule is [2H]c1cc(N(c2cc3c4c(c2)N(c2c([2H])c([2H])c(C(C)(C)C)c([2H])c2[2H])c2c(sc5c([2H])c([2H])c([2H])c([2H])c25)B4c2c([2H])c4c(c([2H])c2N3c2c([2H])c([2H])c(C(C)(C)C)c([2H])c2-c2c([2H])c([2H])c([2H])c([2H])c2[2H])C(C)(C)CCC4(C)C)c2c([2H])c([2H])c([2H])c([2H])c2[2H])c([2H])c([2H])c1[2H]. The number of fused-ring (bicyclic) bond motifs is 7. The largest absolute Gasteiger partial charge is 0.311 e. The van der Waals surface area contributed by atoms with Gasteiger partial charge in [-0.3, -0.25) is 0 Å². The number of anilines is 9. The van der Waals surface area contributed by atoms with Crippen LogP contribution in [-0.4, -0.2) is 6.71 Å². The molecule has 352 valence electrons. The first kappa shape index (κ1) is 24.5. The Labute approximate surface area is 464 Å². The zero-order valence-electron chi connectivity index (χ0n) is 68.0. The van der Waals surface area contributed by atoms with E-state index in [9.17, 15) is 23.3 Å². The van der Waals surface area contributed by atoms with Gasteiger partial charge in [0.25, 0.3) is 6.71 Å². The van der Waals surface area contributed by atoms with Crippen LogP contribution in [0, 0.1) is 0 Å². The van der Waals surface area contributed by atoms with Gasteiger partial charge in [-0.25, -0.2) is 0 Å². The Bertz CT molecular complexity index is 5060. The molecule has 1 aromatic heterocycles. The molecule has 0 unspecified atom stereocenters. The van der Waals surface area contributed by atoms with Gasteiger partial charge in [-0.1, -0.05) is 178 Å². The van der Waals surface area contributed by atoms with E-state index in [1.807, 2.05) is 27.7 Å². The van der Waals surface area contributed by atoms with Crippen molar-refractivity contribution < 1.29 is 37.0 Å². The van der Waals surface area contributed by atoms with Gasteiger partial charge in [0.2, 0.25) is 0 Å². The van der Waals surface area contributed by atoms with Crippen LogP contribution >= 0.6 is 11.3 Å². The van der Waals surface area contributed by atoms with E-state index < -0.39 is 219 Å². The highest BCUT2D eigenvalue weighted by Gasteiger charge is 2.48. The minimum Gasteiger partial charge on any atom is -0.311 e. The number of para-hydroxylation sites is 2. The van der Waals surface area contributed by atoms with Crippen LogP contribution in [0.1, 0.15) is 141 Å². The first-order chi connectivity index (χ1) is 45.2. The molecule has 0 saturated carbocycles. The summed E-state index contributed by atoms with van der Waals surface area (Å²) >= 11 is 0.839. The third-order valence-electron chi connectivity index (χ3n) is 13.8. The molecule has 0 radical (unpaired) electrons. The second-order valence-electron chi connectivity index (χ2n) is 21.6. The van der Waals surface area contributed by atoms with E-state index in [1.54, 1.807) is 41.5 Å². The fourth-order valence-electron chi connectivity index (χ4n) is 9.97. The number of hydrogen-bond acceptors (Lipinski definition) is 4. The van der Waals surface area contributed by atoms with Crippen molar-refractivity contribution >= 4 is 95.0 Å². The fourth-order valence-corrected chi connectivity index (χ4v) is 11.2. The van der Waals surface area contributed by atoms with Gasteiger partial charge in [0.05, 0.1) is 54.1 Å². The van der Waals surface area contributed by atoms with E-state index in [0.717, 1.165) is 22.3 Å². The van der Waals surface area contributed by atoms with E-state index in [4.69, 9.17) is 13.7 Å². The molecule has 3 nitrogen and oxygen atoms in total. The van der Waals surface area contributed by atoms with Crippen molar-refractivity contribution in [1.82, 2.24) is 0 Å². The highest BCUT2D eigenvalue weighted by molar-refractivity contribution is 7.33. The standard InChI is InChI=1S/C66H64BN3S/c1-63(2,3)44-30-33-48(34-31-44)69-57-39-49(68(46-24-16-12-17-25-46)47-26-18-13-19-27-47)40-58-60(57)67(62-61(69)50-28-20-21-29-59(50)71-62)54-41-52-53(66(9,10)37-36-65(52,7)8)42-56(54)70(58)55-35-32-45(64(4,5)6)38-51(55)43-22-14-11-15-23-43/h11-35,38-42H,36-37H2,1-10H3/i11D,12D,13D,14D,15D,16D,17D,18D,19D,20D,21D,22D,23D,24D,25D,26D,28D,29D,30D,31D,32D,33D,34D,35D,38D,41D,42D. The molecule has 2 aliphatic heterocycles. The Morgan fingerprint density at radius 3 is 1.80 bits per heavy atom. The van der Waals surface area contributed by atoms with Gasteiger partial charge < -0.3 is 14.7 Å². The molecule has 0 fully saturated rings. The lowest BCUT2D eigenvalue weighted by molar-refractivity contribution is 0.332. The summed E-state index contributed by atoms with van der Waals surface area (Å²) in [6, 6.07) is -16.1. The van der Waals surface area contributed by atoms with Crippen molar-refractivity contribution in [2.45, 2.75) is 104 Å². The van der Waals surface area contributed by atoms with E-state index in [-0.39, 0.29) is 71.7 Å². The van der Waals surface area contributed by atoms with Gasteiger partial charge in [0, 0.05) is 54.6 Å². The van der Waals surface area contributed by atoms with Crippen LogP contribution in [0.25, 0.3) is 21.2 Å². The average molecular weight is 969 g/mol. The van der Waals surface area contributed by atoms with Crippen LogP contribution in [0.3, 0.4) is 0 Å². The molecular formula is C66H64BN3S. The van der Waals surface area contributed by atoms with Crippen LogP contribution in [0.2, 0.25) is 0 Å². The minimum atomic E-state index is -1.52. The molecule has 3 aliphatic rings. The molecule has 12 rings (SSSR count). The van der Waals surface area contributed by atoms with E-state index in [0.29, 0.717) is 24.0 Å². The maximum atomic E-state index is 11.1. The Kier molecular flexibility index (Phi) is 5.66. The van der Waals surface area contributed by atoms with Crippen LogP contribution in [0.4, 0.5) is 51.2 Å². The van der Waals surface area contributed by atoms with Crippen molar-refractivity contribution in [3.8, 4) is 11.1 Å². The minimum absolute atomic E-state index is 0.0405. The maximum Gasteiger partial charge on any atom is 0.264 e. The Morgan fingerprint density at radius 2 is 1.13 bits per heavy atom. The highest BCUT2D eigenvalue weighted by Crippen LogP contribution is 2.54. The van der Waals surface area contributed by atoms with E-state index >= 15 is 0 Å². The Balaban J connectivity index is 1.46. The summed E-state index contributed by atoms with van der Waals surface area (Å²) in [6.45, 7) is 16.0. The molecule has 0 N–H and O–H groups in total. The highest BCUT2D eigenvalue weighted by atomic mass is 32.1. The molecule has 0 atom stereocenters. The van der Waals surface area contributed by atoms with Gasteiger partial charge in [0.15, 0.2) is 0 Å². The van der Waals surface area contributed by atoms with Crippen molar-refractivity contribution in [3.05, 3.63) is 204 Å².